The molecule has 0 aliphatic carbocycles. The number of benzene rings is 1. The van der Waals surface area contributed by atoms with Gasteiger partial charge in [-0.05, 0) is 26.0 Å². The van der Waals surface area contributed by atoms with E-state index in [2.05, 4.69) is 4.98 Å². The Labute approximate surface area is 126 Å². The Bertz CT molecular complexity index is 766. The van der Waals surface area contributed by atoms with Crippen LogP contribution in [-0.4, -0.2) is 16.1 Å². The number of hydrogen-bond donors (Lipinski definition) is 1. The zero-order valence-electron chi connectivity index (χ0n) is 11.3. The molecular formula is C15H11ClN2O3. The topological polar surface area (TPSA) is 83.2 Å². The lowest BCUT2D eigenvalue weighted by atomic mass is 10.1. The van der Waals surface area contributed by atoms with Crippen LogP contribution in [-0.2, 0) is 0 Å². The van der Waals surface area contributed by atoms with Crippen LogP contribution in [0.5, 0.6) is 11.5 Å². The number of aromatic nitrogens is 1. The molecule has 5 nitrogen and oxygen atoms in total. The van der Waals surface area contributed by atoms with Gasteiger partial charge in [-0.2, -0.15) is 5.26 Å². The van der Waals surface area contributed by atoms with E-state index >= 15 is 0 Å². The summed E-state index contributed by atoms with van der Waals surface area (Å²) in [5, 5.41) is 18.7. The fraction of sp³-hybridized carbons (Fsp3) is 0.133. The van der Waals surface area contributed by atoms with Crippen LogP contribution in [0.4, 0.5) is 0 Å². The Morgan fingerprint density at radius 1 is 1.33 bits per heavy atom. The molecule has 2 aromatic rings. The van der Waals surface area contributed by atoms with Gasteiger partial charge in [0.1, 0.15) is 28.7 Å². The largest absolute Gasteiger partial charge is 0.478 e. The van der Waals surface area contributed by atoms with Crippen LogP contribution in [0.2, 0.25) is 5.02 Å². The monoisotopic (exact) mass is 302 g/mol. The second-order valence-corrected chi connectivity index (χ2v) is 4.82. The molecule has 1 aromatic heterocycles. The molecule has 1 N–H and O–H groups in total. The number of aromatic carboxylic acids is 1. The summed E-state index contributed by atoms with van der Waals surface area (Å²) >= 11 is 5.87. The number of nitriles is 1. The minimum absolute atomic E-state index is 0.0320. The molecule has 0 aliphatic heterocycles. The van der Waals surface area contributed by atoms with Crippen molar-refractivity contribution in [1.29, 1.82) is 5.26 Å². The van der Waals surface area contributed by atoms with Crippen molar-refractivity contribution in [2.24, 2.45) is 0 Å². The minimum atomic E-state index is -1.14. The number of hydrogen-bond acceptors (Lipinski definition) is 4. The summed E-state index contributed by atoms with van der Waals surface area (Å²) in [5.74, 6) is -0.800. The lowest BCUT2D eigenvalue weighted by Crippen LogP contribution is -2.02. The van der Waals surface area contributed by atoms with Crippen molar-refractivity contribution in [3.8, 4) is 17.6 Å². The van der Waals surface area contributed by atoms with Crippen molar-refractivity contribution in [3.63, 3.8) is 0 Å². The SMILES string of the molecule is Cc1cc(Oc2cc(Cl)ccc2C(=O)O)c(C#N)c(C)n1. The number of rotatable bonds is 3. The third-order valence-corrected chi connectivity index (χ3v) is 3.03. The maximum atomic E-state index is 11.2. The highest BCUT2D eigenvalue weighted by Gasteiger charge is 2.16. The van der Waals surface area contributed by atoms with Crippen molar-refractivity contribution < 1.29 is 14.6 Å². The van der Waals surface area contributed by atoms with E-state index in [4.69, 9.17) is 21.4 Å². The quantitative estimate of drug-likeness (QED) is 0.934. The maximum absolute atomic E-state index is 11.2. The van der Waals surface area contributed by atoms with Crippen LogP contribution in [0.1, 0.15) is 27.3 Å². The number of carboxylic acids is 1. The number of nitrogens with zero attached hydrogens (tertiary/aromatic N) is 2. The van der Waals surface area contributed by atoms with E-state index in [1.807, 2.05) is 6.07 Å². The molecule has 0 fully saturated rings. The van der Waals surface area contributed by atoms with Gasteiger partial charge in [0, 0.05) is 22.8 Å². The standard InChI is InChI=1S/C15H11ClN2O3/c1-8-5-13(12(7-17)9(2)18-8)21-14-6-10(16)3-4-11(14)15(19)20/h3-6H,1-2H3,(H,19,20). The highest BCUT2D eigenvalue weighted by molar-refractivity contribution is 6.30. The molecule has 0 spiro atoms. The molecule has 106 valence electrons. The Morgan fingerprint density at radius 3 is 2.67 bits per heavy atom. The van der Waals surface area contributed by atoms with E-state index in [0.717, 1.165) is 0 Å². The van der Waals surface area contributed by atoms with Crippen LogP contribution in [0.3, 0.4) is 0 Å². The molecule has 0 saturated carbocycles. The number of carboxylic acid groups (broad SMARTS) is 1. The first-order valence-corrected chi connectivity index (χ1v) is 6.39. The average molecular weight is 303 g/mol. The van der Waals surface area contributed by atoms with Crippen molar-refractivity contribution in [2.75, 3.05) is 0 Å². The summed E-state index contributed by atoms with van der Waals surface area (Å²) in [6.45, 7) is 3.45. The molecule has 2 rings (SSSR count). The van der Waals surface area contributed by atoms with Crippen LogP contribution in [0.15, 0.2) is 24.3 Å². The molecule has 6 heteroatoms. The van der Waals surface area contributed by atoms with Crippen molar-refractivity contribution in [3.05, 3.63) is 51.8 Å². The van der Waals surface area contributed by atoms with Crippen LogP contribution < -0.4 is 4.74 Å². The second kappa shape index (κ2) is 5.81. The third-order valence-electron chi connectivity index (χ3n) is 2.80. The van der Waals surface area contributed by atoms with Crippen molar-refractivity contribution in [1.82, 2.24) is 4.98 Å². The summed E-state index contributed by atoms with van der Waals surface area (Å²) in [5.41, 5.74) is 1.42. The molecule has 0 unspecified atom stereocenters. The van der Waals surface area contributed by atoms with E-state index < -0.39 is 5.97 Å². The predicted molar refractivity (Wildman–Crippen MR) is 76.9 cm³/mol. The smallest absolute Gasteiger partial charge is 0.339 e. The van der Waals surface area contributed by atoms with Crippen LogP contribution in [0, 0.1) is 25.2 Å². The summed E-state index contributed by atoms with van der Waals surface area (Å²) in [4.78, 5) is 15.4. The Balaban J connectivity index is 2.55. The number of aryl methyl sites for hydroxylation is 2. The van der Waals surface area contributed by atoms with Crippen molar-refractivity contribution >= 4 is 17.6 Å². The highest BCUT2D eigenvalue weighted by atomic mass is 35.5. The zero-order chi connectivity index (χ0) is 15.6. The summed E-state index contributed by atoms with van der Waals surface area (Å²) in [6, 6.07) is 7.81. The molecule has 1 heterocycles. The molecule has 0 radical (unpaired) electrons. The lowest BCUT2D eigenvalue weighted by Gasteiger charge is -2.12. The lowest BCUT2D eigenvalue weighted by molar-refractivity contribution is 0.0694. The van der Waals surface area contributed by atoms with Gasteiger partial charge in [-0.25, -0.2) is 4.79 Å². The highest BCUT2D eigenvalue weighted by Crippen LogP contribution is 2.31. The molecule has 0 bridgehead atoms. The first-order valence-electron chi connectivity index (χ1n) is 6.01. The Hall–Kier alpha value is -2.58. The van der Waals surface area contributed by atoms with Gasteiger partial charge in [-0.3, -0.25) is 4.98 Å². The predicted octanol–water partition coefficient (Wildman–Crippen LogP) is 3.71. The number of ether oxygens (including phenoxy) is 1. The number of carbonyl (C=O) groups is 1. The number of pyridine rings is 1. The van der Waals surface area contributed by atoms with E-state index in [9.17, 15) is 10.1 Å². The van der Waals surface area contributed by atoms with E-state index in [0.29, 0.717) is 16.4 Å². The normalized spacial score (nSPS) is 10.0. The maximum Gasteiger partial charge on any atom is 0.339 e. The van der Waals surface area contributed by atoms with Gasteiger partial charge in [0.05, 0.1) is 5.69 Å². The summed E-state index contributed by atoms with van der Waals surface area (Å²) < 4.78 is 5.61. The fourth-order valence-corrected chi connectivity index (χ4v) is 2.05. The van der Waals surface area contributed by atoms with E-state index in [1.54, 1.807) is 19.9 Å². The molecule has 0 atom stereocenters. The van der Waals surface area contributed by atoms with Gasteiger partial charge in [0.15, 0.2) is 0 Å². The molecular weight excluding hydrogens is 292 g/mol. The van der Waals surface area contributed by atoms with Gasteiger partial charge in [0.25, 0.3) is 0 Å². The molecule has 0 saturated heterocycles. The Kier molecular flexibility index (Phi) is 4.10. The summed E-state index contributed by atoms with van der Waals surface area (Å²) in [7, 11) is 0. The van der Waals surface area contributed by atoms with E-state index in [-0.39, 0.29) is 22.6 Å². The number of halogens is 1. The minimum Gasteiger partial charge on any atom is -0.478 e. The van der Waals surface area contributed by atoms with Gasteiger partial charge in [-0.15, -0.1) is 0 Å². The zero-order valence-corrected chi connectivity index (χ0v) is 12.1. The van der Waals surface area contributed by atoms with Gasteiger partial charge < -0.3 is 9.84 Å². The second-order valence-electron chi connectivity index (χ2n) is 4.38. The van der Waals surface area contributed by atoms with Crippen molar-refractivity contribution in [2.45, 2.75) is 13.8 Å². The third kappa shape index (κ3) is 3.12. The molecule has 1 aromatic carbocycles. The molecule has 21 heavy (non-hydrogen) atoms. The first kappa shape index (κ1) is 14.8. The fourth-order valence-electron chi connectivity index (χ4n) is 1.89. The first-order chi connectivity index (χ1) is 9.92. The summed E-state index contributed by atoms with van der Waals surface area (Å²) in [6.07, 6.45) is 0. The van der Waals surface area contributed by atoms with Crippen LogP contribution >= 0.6 is 11.6 Å². The molecule has 0 amide bonds. The van der Waals surface area contributed by atoms with E-state index in [1.165, 1.54) is 18.2 Å². The van der Waals surface area contributed by atoms with Crippen LogP contribution in [0.25, 0.3) is 0 Å². The van der Waals surface area contributed by atoms with Gasteiger partial charge in [0.2, 0.25) is 0 Å². The van der Waals surface area contributed by atoms with Gasteiger partial charge >= 0.3 is 5.97 Å². The molecule has 0 aliphatic rings. The average Bonchev–Trinajstić information content (AvgIpc) is 2.37. The van der Waals surface area contributed by atoms with Gasteiger partial charge in [-0.1, -0.05) is 11.6 Å². The Morgan fingerprint density at radius 2 is 2.05 bits per heavy atom.